The van der Waals surface area contributed by atoms with Gasteiger partial charge in [-0.15, -0.1) is 0 Å². The first kappa shape index (κ1) is 34.2. The van der Waals surface area contributed by atoms with Gasteiger partial charge in [-0.25, -0.2) is 0 Å². The maximum Gasteiger partial charge on any atom is 0.515 e. The summed E-state index contributed by atoms with van der Waals surface area (Å²) >= 11 is 0. The molecule has 0 rings (SSSR count). The van der Waals surface area contributed by atoms with E-state index in [-0.39, 0.29) is 9.75 Å². The Morgan fingerprint density at radius 3 is 0.848 bits per heavy atom. The second kappa shape index (κ2) is 21.3. The van der Waals surface area contributed by atoms with Crippen LogP contribution in [0.3, 0.4) is 0 Å². The maximum absolute atomic E-state index is 6.31. The Morgan fingerprint density at radius 2 is 0.667 bits per heavy atom. The molecule has 0 fully saturated rings. The van der Waals surface area contributed by atoms with Crippen LogP contribution < -0.4 is 0 Å². The topological polar surface area (TPSA) is 55.4 Å². The Kier molecular flexibility index (Phi) is 22.1. The lowest BCUT2D eigenvalue weighted by Crippen LogP contribution is -2.55. The van der Waals surface area contributed by atoms with E-state index in [1.807, 2.05) is 0 Å². The lowest BCUT2D eigenvalue weighted by molar-refractivity contribution is 0.0582. The average Bonchev–Trinajstić information content (AvgIpc) is 2.83. The monoisotopic (exact) mass is 562 g/mol. The molecule has 0 aliphatic rings. The molecule has 0 bridgehead atoms. The highest BCUT2D eigenvalue weighted by Crippen LogP contribution is 2.45. The van der Waals surface area contributed by atoms with Gasteiger partial charge in [-0.3, -0.25) is 0 Å². The van der Waals surface area contributed by atoms with E-state index in [0.29, 0.717) is 39.6 Å². The second-order valence-corrected chi connectivity index (χ2v) is 19.3. The molecule has 0 saturated carbocycles. The van der Waals surface area contributed by atoms with Crippen LogP contribution in [0.15, 0.2) is 0 Å². The predicted octanol–water partition coefficient (Wildman–Crippen LogP) is 7.31. The molecule has 0 aliphatic heterocycles. The van der Waals surface area contributed by atoms with Crippen molar-refractivity contribution in [2.24, 2.45) is 0 Å². The first-order valence-corrected chi connectivity index (χ1v) is 19.9. The molecule has 6 nitrogen and oxygen atoms in total. The highest BCUT2D eigenvalue weighted by Gasteiger charge is 2.50. The van der Waals surface area contributed by atoms with E-state index in [9.17, 15) is 0 Å². The van der Waals surface area contributed by atoms with Crippen LogP contribution in [0.5, 0.6) is 0 Å². The van der Waals surface area contributed by atoms with Gasteiger partial charge in [0.15, 0.2) is 0 Å². The third-order valence-electron chi connectivity index (χ3n) is 4.41. The van der Waals surface area contributed by atoms with E-state index in [1.165, 1.54) is 0 Å². The van der Waals surface area contributed by atoms with Crippen molar-refractivity contribution in [3.05, 3.63) is 0 Å². The van der Waals surface area contributed by atoms with Gasteiger partial charge >= 0.3 is 17.6 Å². The number of hydrogen-bond donors (Lipinski definition) is 0. The maximum atomic E-state index is 6.31. The quantitative estimate of drug-likeness (QED) is 0.0890. The van der Waals surface area contributed by atoms with Crippen molar-refractivity contribution in [2.45, 2.75) is 104 Å². The molecule has 0 aromatic heterocycles. The summed E-state index contributed by atoms with van der Waals surface area (Å²) in [5, 5.41) is 0. The molecule has 0 heterocycles. The summed E-state index contributed by atoms with van der Waals surface area (Å²) in [5.74, 6) is 0. The van der Waals surface area contributed by atoms with Crippen molar-refractivity contribution in [3.8, 4) is 0 Å². The Hall–Kier alpha value is 1.24. The Labute approximate surface area is 218 Å². The molecule has 2 unspecified atom stereocenters. The molecule has 200 valence electrons. The average molecular weight is 563 g/mol. The standard InChI is InChI=1S/C22H50O6S3Si2/c1-9-15-23-32(24-16-10-2,25-17-11-3)21(7)29-31-30-22(8)33(26-18-12-4,27-19-13-5)28-20-14-6/h21-22H,9-20H2,1-8H3. The van der Waals surface area contributed by atoms with Gasteiger partial charge in [-0.1, -0.05) is 63.1 Å². The summed E-state index contributed by atoms with van der Waals surface area (Å²) < 4.78 is 37.9. The first-order valence-electron chi connectivity index (χ1n) is 12.7. The van der Waals surface area contributed by atoms with Crippen LogP contribution in [0.2, 0.25) is 0 Å². The summed E-state index contributed by atoms with van der Waals surface area (Å²) in [6.07, 6.45) is 5.68. The summed E-state index contributed by atoms with van der Waals surface area (Å²) in [5.41, 5.74) is 0. The minimum Gasteiger partial charge on any atom is -0.373 e. The molecule has 0 aromatic carbocycles. The summed E-state index contributed by atoms with van der Waals surface area (Å²) in [4.78, 5) is 0.236. The summed E-state index contributed by atoms with van der Waals surface area (Å²) in [6, 6.07) is 0. The minimum atomic E-state index is -2.80. The molecule has 0 saturated heterocycles. The normalized spacial score (nSPS) is 14.5. The molecule has 0 amide bonds. The highest BCUT2D eigenvalue weighted by molar-refractivity contribution is 9.09. The van der Waals surface area contributed by atoms with Crippen molar-refractivity contribution >= 4 is 49.0 Å². The number of hydrogen-bond acceptors (Lipinski definition) is 9. The van der Waals surface area contributed by atoms with Crippen LogP contribution in [0.4, 0.5) is 0 Å². The van der Waals surface area contributed by atoms with Gasteiger partial charge in [0.2, 0.25) is 0 Å². The molecular formula is C22H50O6S3Si2. The van der Waals surface area contributed by atoms with Crippen molar-refractivity contribution in [3.63, 3.8) is 0 Å². The smallest absolute Gasteiger partial charge is 0.373 e. The lowest BCUT2D eigenvalue weighted by atomic mass is 10.5. The van der Waals surface area contributed by atoms with E-state index in [4.69, 9.17) is 26.6 Å². The van der Waals surface area contributed by atoms with E-state index in [1.54, 1.807) is 31.4 Å². The molecule has 11 heteroatoms. The highest BCUT2D eigenvalue weighted by atomic mass is 33.5. The van der Waals surface area contributed by atoms with Gasteiger partial charge in [0.1, 0.15) is 0 Å². The van der Waals surface area contributed by atoms with Crippen molar-refractivity contribution < 1.29 is 26.6 Å². The predicted molar refractivity (Wildman–Crippen MR) is 151 cm³/mol. The van der Waals surface area contributed by atoms with Gasteiger partial charge in [-0.2, -0.15) is 0 Å². The molecule has 0 spiro atoms. The lowest BCUT2D eigenvalue weighted by Gasteiger charge is -2.35. The SMILES string of the molecule is CCCO[Si](OCCC)(OCCC)C(C)SSSC(C)[Si](OCCC)(OCCC)OCCC. The van der Waals surface area contributed by atoms with Crippen LogP contribution in [-0.2, 0) is 26.6 Å². The van der Waals surface area contributed by atoms with Crippen molar-refractivity contribution in [1.29, 1.82) is 0 Å². The fraction of sp³-hybridized carbons (Fsp3) is 1.00. The zero-order chi connectivity index (χ0) is 25.0. The molecule has 0 aliphatic carbocycles. The third kappa shape index (κ3) is 13.4. The second-order valence-electron chi connectivity index (χ2n) is 7.84. The summed E-state index contributed by atoms with van der Waals surface area (Å²) in [7, 11) is -0.301. The molecule has 2 atom stereocenters. The fourth-order valence-electron chi connectivity index (χ4n) is 2.68. The van der Waals surface area contributed by atoms with E-state index < -0.39 is 17.6 Å². The van der Waals surface area contributed by atoms with Crippen LogP contribution in [0, 0.1) is 0 Å². The van der Waals surface area contributed by atoms with Gasteiger partial charge in [0.05, 0.1) is 9.75 Å². The Balaban J connectivity index is 5.30. The number of rotatable bonds is 24. The zero-order valence-corrected chi connectivity index (χ0v) is 26.8. The first-order chi connectivity index (χ1) is 15.9. The third-order valence-corrected chi connectivity index (χ3v) is 17.9. The zero-order valence-electron chi connectivity index (χ0n) is 22.3. The Morgan fingerprint density at radius 1 is 0.455 bits per heavy atom. The van der Waals surface area contributed by atoms with Crippen LogP contribution in [0.1, 0.15) is 93.9 Å². The van der Waals surface area contributed by atoms with Gasteiger partial charge in [-0.05, 0) is 62.2 Å². The minimum absolute atomic E-state index is 0.118. The molecule has 0 aromatic rings. The van der Waals surface area contributed by atoms with E-state index in [2.05, 4.69) is 55.4 Å². The van der Waals surface area contributed by atoms with Crippen molar-refractivity contribution in [2.75, 3.05) is 39.6 Å². The molecule has 33 heavy (non-hydrogen) atoms. The van der Waals surface area contributed by atoms with Crippen LogP contribution >= 0.6 is 31.4 Å². The molecular weight excluding hydrogens is 513 g/mol. The van der Waals surface area contributed by atoms with E-state index >= 15 is 0 Å². The van der Waals surface area contributed by atoms with Gasteiger partial charge in [0.25, 0.3) is 0 Å². The fourth-order valence-corrected chi connectivity index (χ4v) is 17.6. The molecule has 0 N–H and O–H groups in total. The Bertz CT molecular complexity index is 373. The summed E-state index contributed by atoms with van der Waals surface area (Å²) in [6.45, 7) is 21.1. The van der Waals surface area contributed by atoms with Gasteiger partial charge in [0, 0.05) is 39.6 Å². The molecule has 0 radical (unpaired) electrons. The van der Waals surface area contributed by atoms with Crippen LogP contribution in [-0.4, -0.2) is 67.0 Å². The van der Waals surface area contributed by atoms with E-state index in [0.717, 1.165) is 38.5 Å². The van der Waals surface area contributed by atoms with Crippen molar-refractivity contribution in [1.82, 2.24) is 0 Å². The van der Waals surface area contributed by atoms with Crippen LogP contribution in [0.25, 0.3) is 0 Å². The van der Waals surface area contributed by atoms with Gasteiger partial charge < -0.3 is 26.6 Å². The largest absolute Gasteiger partial charge is 0.515 e.